The molecule has 2 aromatic carbocycles. The molecule has 4 aromatic rings. The number of nitrogens with one attached hydrogen (secondary N) is 1. The van der Waals surface area contributed by atoms with Gasteiger partial charge in [0, 0.05) is 35.8 Å². The number of ether oxygens (including phenoxy) is 1. The molecule has 0 aliphatic heterocycles. The van der Waals surface area contributed by atoms with Crippen LogP contribution in [0.2, 0.25) is 0 Å². The molecule has 0 aliphatic rings. The quantitative estimate of drug-likeness (QED) is 0.536. The predicted molar refractivity (Wildman–Crippen MR) is 109 cm³/mol. The molecular formula is C22H16F2N4O2. The topological polar surface area (TPSA) is 77.0 Å². The summed E-state index contributed by atoms with van der Waals surface area (Å²) < 4.78 is 33.6. The number of rotatable bonds is 4. The average Bonchev–Trinajstić information content (AvgIpc) is 2.75. The molecule has 1 N–H and O–H groups in total. The van der Waals surface area contributed by atoms with Gasteiger partial charge in [0.1, 0.15) is 28.7 Å². The maximum atomic E-state index is 14.4. The van der Waals surface area contributed by atoms with E-state index in [-0.39, 0.29) is 17.3 Å². The van der Waals surface area contributed by atoms with Crippen molar-refractivity contribution in [2.75, 3.05) is 12.4 Å². The molecular weight excluding hydrogens is 390 g/mol. The van der Waals surface area contributed by atoms with Crippen LogP contribution in [0.4, 0.5) is 14.6 Å². The van der Waals surface area contributed by atoms with E-state index in [1.807, 2.05) is 0 Å². The molecule has 0 radical (unpaired) electrons. The molecule has 0 saturated heterocycles. The third-order valence-electron chi connectivity index (χ3n) is 4.44. The van der Waals surface area contributed by atoms with Crippen molar-refractivity contribution >= 4 is 22.6 Å². The van der Waals surface area contributed by atoms with E-state index in [0.717, 1.165) is 18.2 Å². The van der Waals surface area contributed by atoms with E-state index in [0.29, 0.717) is 33.6 Å². The van der Waals surface area contributed by atoms with Crippen molar-refractivity contribution < 1.29 is 18.3 Å². The predicted octanol–water partition coefficient (Wildman–Crippen LogP) is 4.60. The number of methoxy groups -OCH3 is 1. The van der Waals surface area contributed by atoms with Crippen LogP contribution >= 0.6 is 0 Å². The number of hydrogen-bond acceptors (Lipinski definition) is 5. The molecule has 8 heteroatoms. The zero-order valence-electron chi connectivity index (χ0n) is 16.1. The molecule has 2 heterocycles. The molecule has 0 unspecified atom stereocenters. The van der Waals surface area contributed by atoms with E-state index < -0.39 is 11.6 Å². The summed E-state index contributed by atoms with van der Waals surface area (Å²) in [7, 11) is 1.45. The lowest BCUT2D eigenvalue weighted by Gasteiger charge is -2.14. The summed E-state index contributed by atoms with van der Waals surface area (Å²) in [6.45, 7) is 1.35. The second-order valence-corrected chi connectivity index (χ2v) is 6.52. The number of halogens is 2. The largest absolute Gasteiger partial charge is 0.494 e. The van der Waals surface area contributed by atoms with Crippen LogP contribution in [0, 0.1) is 11.6 Å². The van der Waals surface area contributed by atoms with Crippen molar-refractivity contribution in [3.8, 4) is 28.3 Å². The van der Waals surface area contributed by atoms with E-state index in [4.69, 9.17) is 4.74 Å². The van der Waals surface area contributed by atoms with Gasteiger partial charge in [-0.1, -0.05) is 0 Å². The Morgan fingerprint density at radius 1 is 1.07 bits per heavy atom. The lowest BCUT2D eigenvalue weighted by molar-refractivity contribution is -0.114. The van der Waals surface area contributed by atoms with E-state index in [1.54, 1.807) is 36.7 Å². The highest BCUT2D eigenvalue weighted by atomic mass is 19.1. The number of pyridine rings is 1. The van der Waals surface area contributed by atoms with Crippen molar-refractivity contribution in [3.05, 3.63) is 66.5 Å². The Kier molecular flexibility index (Phi) is 5.05. The first kappa shape index (κ1) is 19.4. The Bertz CT molecular complexity index is 1260. The van der Waals surface area contributed by atoms with Gasteiger partial charge in [0.15, 0.2) is 5.82 Å². The normalized spacial score (nSPS) is 10.8. The summed E-state index contributed by atoms with van der Waals surface area (Å²) in [5.41, 5.74) is 1.48. The number of carbonyl (C=O) groups is 1. The zero-order chi connectivity index (χ0) is 21.3. The monoisotopic (exact) mass is 406 g/mol. The highest BCUT2D eigenvalue weighted by Gasteiger charge is 2.18. The van der Waals surface area contributed by atoms with Crippen molar-refractivity contribution in [1.29, 1.82) is 0 Å². The molecule has 30 heavy (non-hydrogen) atoms. The van der Waals surface area contributed by atoms with Crippen LogP contribution < -0.4 is 10.1 Å². The average molecular weight is 406 g/mol. The molecule has 0 aliphatic carbocycles. The smallest absolute Gasteiger partial charge is 0.222 e. The van der Waals surface area contributed by atoms with Crippen LogP contribution in [0.3, 0.4) is 0 Å². The first-order valence-corrected chi connectivity index (χ1v) is 8.99. The maximum Gasteiger partial charge on any atom is 0.222 e. The van der Waals surface area contributed by atoms with Crippen LogP contribution in [-0.4, -0.2) is 28.0 Å². The number of benzene rings is 2. The van der Waals surface area contributed by atoms with Crippen molar-refractivity contribution in [2.24, 2.45) is 0 Å². The third kappa shape index (κ3) is 3.67. The van der Waals surface area contributed by atoms with Gasteiger partial charge < -0.3 is 10.1 Å². The lowest BCUT2D eigenvalue weighted by atomic mass is 10.0. The molecule has 0 spiro atoms. The molecule has 0 saturated carbocycles. The molecule has 0 bridgehead atoms. The fraction of sp³-hybridized carbons (Fsp3) is 0.0909. The molecule has 1 amide bonds. The highest BCUT2D eigenvalue weighted by Crippen LogP contribution is 2.36. The van der Waals surface area contributed by atoms with Gasteiger partial charge in [-0.2, -0.15) is 0 Å². The lowest BCUT2D eigenvalue weighted by Crippen LogP contribution is -2.09. The fourth-order valence-electron chi connectivity index (χ4n) is 3.12. The van der Waals surface area contributed by atoms with Crippen LogP contribution in [0.15, 0.2) is 54.9 Å². The van der Waals surface area contributed by atoms with Gasteiger partial charge in [-0.15, -0.1) is 0 Å². The third-order valence-corrected chi connectivity index (χ3v) is 4.44. The minimum Gasteiger partial charge on any atom is -0.494 e. The SMILES string of the molecule is COc1cc(-c2cc(F)ccc2F)cc2c(NC(C)=O)nc(-c3cccnc3)nc12. The Morgan fingerprint density at radius 3 is 2.60 bits per heavy atom. The Morgan fingerprint density at radius 2 is 1.90 bits per heavy atom. The summed E-state index contributed by atoms with van der Waals surface area (Å²) in [4.78, 5) is 24.9. The molecule has 0 fully saturated rings. The molecule has 4 rings (SSSR count). The summed E-state index contributed by atoms with van der Waals surface area (Å²) in [6, 6.07) is 9.88. The van der Waals surface area contributed by atoms with E-state index in [1.165, 1.54) is 14.0 Å². The summed E-state index contributed by atoms with van der Waals surface area (Å²) in [5, 5.41) is 3.11. The molecule has 2 aromatic heterocycles. The van der Waals surface area contributed by atoms with E-state index in [2.05, 4.69) is 20.3 Å². The molecule has 150 valence electrons. The van der Waals surface area contributed by atoms with Gasteiger partial charge in [-0.05, 0) is 48.0 Å². The molecule has 0 atom stereocenters. The highest BCUT2D eigenvalue weighted by molar-refractivity contribution is 6.02. The Labute approximate surface area is 170 Å². The maximum absolute atomic E-state index is 14.4. The molecule has 6 nitrogen and oxygen atoms in total. The minimum atomic E-state index is -0.591. The van der Waals surface area contributed by atoms with E-state index >= 15 is 0 Å². The van der Waals surface area contributed by atoms with Gasteiger partial charge in [0.2, 0.25) is 5.91 Å². The first-order valence-electron chi connectivity index (χ1n) is 8.99. The van der Waals surface area contributed by atoms with Gasteiger partial charge >= 0.3 is 0 Å². The van der Waals surface area contributed by atoms with Crippen molar-refractivity contribution in [3.63, 3.8) is 0 Å². The van der Waals surface area contributed by atoms with Crippen LogP contribution in [0.1, 0.15) is 6.92 Å². The minimum absolute atomic E-state index is 0.0558. The number of aromatic nitrogens is 3. The Balaban J connectivity index is 2.02. The second-order valence-electron chi connectivity index (χ2n) is 6.52. The van der Waals surface area contributed by atoms with Crippen LogP contribution in [0.5, 0.6) is 5.75 Å². The van der Waals surface area contributed by atoms with Crippen LogP contribution in [-0.2, 0) is 4.79 Å². The van der Waals surface area contributed by atoms with E-state index in [9.17, 15) is 13.6 Å². The van der Waals surface area contributed by atoms with Gasteiger partial charge in [0.25, 0.3) is 0 Å². The number of carbonyl (C=O) groups excluding carboxylic acids is 1. The van der Waals surface area contributed by atoms with Gasteiger partial charge in [0.05, 0.1) is 7.11 Å². The first-order chi connectivity index (χ1) is 14.5. The van der Waals surface area contributed by atoms with Crippen LogP contribution in [0.25, 0.3) is 33.4 Å². The summed E-state index contributed by atoms with van der Waals surface area (Å²) >= 11 is 0. The van der Waals surface area contributed by atoms with Crippen molar-refractivity contribution in [1.82, 2.24) is 15.0 Å². The summed E-state index contributed by atoms with van der Waals surface area (Å²) in [6.07, 6.45) is 3.22. The fourth-order valence-corrected chi connectivity index (χ4v) is 3.12. The summed E-state index contributed by atoms with van der Waals surface area (Å²) in [5.74, 6) is -0.619. The standard InChI is InChI=1S/C22H16F2N4O2/c1-12(29)26-22-17-8-14(16-10-15(23)5-6-18(16)24)9-19(30-2)20(17)27-21(28-22)13-4-3-7-25-11-13/h3-11H,1-2H3,(H,26,27,28,29). The number of anilines is 1. The number of nitrogens with zero attached hydrogens (tertiary/aromatic N) is 3. The van der Waals surface area contributed by atoms with Crippen molar-refractivity contribution in [2.45, 2.75) is 6.92 Å². The van der Waals surface area contributed by atoms with Gasteiger partial charge in [-0.3, -0.25) is 9.78 Å². The second kappa shape index (κ2) is 7.82. The number of hydrogen-bond donors (Lipinski definition) is 1. The number of fused-ring (bicyclic) bond motifs is 1. The van der Waals surface area contributed by atoms with Gasteiger partial charge in [-0.25, -0.2) is 18.7 Å². The number of amides is 1. The Hall–Kier alpha value is -3.94. The zero-order valence-corrected chi connectivity index (χ0v) is 16.1.